The summed E-state index contributed by atoms with van der Waals surface area (Å²) in [5.41, 5.74) is 5.06. The highest BCUT2D eigenvalue weighted by Crippen LogP contribution is 2.06. The molecular formula is C12H25N3O3. The van der Waals surface area contributed by atoms with Crippen LogP contribution in [0.4, 0.5) is 4.79 Å². The summed E-state index contributed by atoms with van der Waals surface area (Å²) in [6.45, 7) is 4.51. The normalized spacial score (nSPS) is 12.3. The van der Waals surface area contributed by atoms with Gasteiger partial charge in [0.1, 0.15) is 6.04 Å². The van der Waals surface area contributed by atoms with Crippen LogP contribution in [0, 0.1) is 5.92 Å². The Kier molecular flexibility index (Phi) is 8.11. The van der Waals surface area contributed by atoms with Crippen LogP contribution in [-0.4, -0.2) is 48.2 Å². The number of nitrogens with zero attached hydrogens (tertiary/aromatic N) is 1. The van der Waals surface area contributed by atoms with Crippen molar-refractivity contribution in [3.8, 4) is 0 Å². The van der Waals surface area contributed by atoms with E-state index in [0.717, 1.165) is 19.3 Å². The van der Waals surface area contributed by atoms with E-state index in [1.807, 2.05) is 13.8 Å². The highest BCUT2D eigenvalue weighted by molar-refractivity contribution is 5.86. The fourth-order valence-electron chi connectivity index (χ4n) is 1.65. The number of carbonyl (C=O) groups is 2. The van der Waals surface area contributed by atoms with Crippen molar-refractivity contribution < 1.29 is 14.7 Å². The zero-order chi connectivity index (χ0) is 14.1. The van der Waals surface area contributed by atoms with E-state index in [1.54, 1.807) is 11.9 Å². The quantitative estimate of drug-likeness (QED) is 0.547. The molecule has 0 spiro atoms. The van der Waals surface area contributed by atoms with Crippen molar-refractivity contribution in [2.75, 3.05) is 20.2 Å². The van der Waals surface area contributed by atoms with Crippen LogP contribution in [0.1, 0.15) is 33.1 Å². The lowest BCUT2D eigenvalue weighted by Gasteiger charge is -2.26. The second kappa shape index (κ2) is 8.74. The minimum absolute atomic E-state index is 0.00936. The van der Waals surface area contributed by atoms with Crippen molar-refractivity contribution in [2.24, 2.45) is 11.7 Å². The van der Waals surface area contributed by atoms with E-state index in [2.05, 4.69) is 5.32 Å². The largest absolute Gasteiger partial charge is 0.396 e. The van der Waals surface area contributed by atoms with Gasteiger partial charge in [0.15, 0.2) is 0 Å². The second-order valence-corrected chi connectivity index (χ2v) is 4.77. The molecule has 1 atom stereocenters. The van der Waals surface area contributed by atoms with Crippen LogP contribution in [0.2, 0.25) is 0 Å². The number of unbranched alkanes of at least 4 members (excludes halogenated alkanes) is 2. The Morgan fingerprint density at radius 2 is 1.89 bits per heavy atom. The van der Waals surface area contributed by atoms with Gasteiger partial charge in [-0.2, -0.15) is 0 Å². The molecule has 0 rings (SSSR count). The molecule has 6 nitrogen and oxygen atoms in total. The first-order chi connectivity index (χ1) is 8.40. The number of rotatable bonds is 8. The first-order valence-electron chi connectivity index (χ1n) is 6.32. The Morgan fingerprint density at radius 1 is 1.28 bits per heavy atom. The summed E-state index contributed by atoms with van der Waals surface area (Å²) in [4.78, 5) is 24.5. The highest BCUT2D eigenvalue weighted by atomic mass is 16.3. The molecular weight excluding hydrogens is 234 g/mol. The topological polar surface area (TPSA) is 95.7 Å². The van der Waals surface area contributed by atoms with Crippen molar-refractivity contribution >= 4 is 11.9 Å². The van der Waals surface area contributed by atoms with Gasteiger partial charge in [-0.25, -0.2) is 4.79 Å². The average molecular weight is 259 g/mol. The zero-order valence-electron chi connectivity index (χ0n) is 11.5. The molecule has 0 aliphatic rings. The Bertz CT molecular complexity index is 269. The van der Waals surface area contributed by atoms with Gasteiger partial charge in [-0.3, -0.25) is 4.79 Å². The van der Waals surface area contributed by atoms with Crippen LogP contribution >= 0.6 is 0 Å². The standard InChI is InChI=1S/C12H25N3O3/c1-9(2)10(14-12(13)18)11(17)15(3)7-5-4-6-8-16/h9-10,16H,4-8H2,1-3H3,(H3,13,14,18). The lowest BCUT2D eigenvalue weighted by atomic mass is 10.0. The third-order valence-electron chi connectivity index (χ3n) is 2.76. The average Bonchev–Trinajstić information content (AvgIpc) is 2.30. The number of hydrogen-bond acceptors (Lipinski definition) is 3. The van der Waals surface area contributed by atoms with Crippen LogP contribution < -0.4 is 11.1 Å². The molecule has 0 aromatic carbocycles. The molecule has 0 radical (unpaired) electrons. The lowest BCUT2D eigenvalue weighted by Crippen LogP contribution is -2.51. The molecule has 106 valence electrons. The summed E-state index contributed by atoms with van der Waals surface area (Å²) in [7, 11) is 1.71. The molecule has 0 saturated heterocycles. The number of carbonyl (C=O) groups excluding carboxylic acids is 2. The molecule has 0 bridgehead atoms. The third-order valence-corrected chi connectivity index (χ3v) is 2.76. The third kappa shape index (κ3) is 6.44. The number of nitrogens with one attached hydrogen (secondary N) is 1. The summed E-state index contributed by atoms with van der Waals surface area (Å²) in [5.74, 6) is -0.141. The van der Waals surface area contributed by atoms with Crippen molar-refractivity contribution in [1.29, 1.82) is 0 Å². The van der Waals surface area contributed by atoms with Gasteiger partial charge < -0.3 is 21.1 Å². The fraction of sp³-hybridized carbons (Fsp3) is 0.833. The number of nitrogens with two attached hydrogens (primary N) is 1. The van der Waals surface area contributed by atoms with Gasteiger partial charge in [-0.05, 0) is 25.2 Å². The summed E-state index contributed by atoms with van der Waals surface area (Å²) in [5, 5.41) is 11.1. The fourth-order valence-corrected chi connectivity index (χ4v) is 1.65. The number of urea groups is 1. The van der Waals surface area contributed by atoms with Gasteiger partial charge in [-0.1, -0.05) is 13.8 Å². The number of likely N-dealkylation sites (N-methyl/N-ethyl adjacent to an activating group) is 1. The van der Waals surface area contributed by atoms with Gasteiger partial charge in [0, 0.05) is 20.2 Å². The molecule has 3 amide bonds. The van der Waals surface area contributed by atoms with E-state index in [-0.39, 0.29) is 18.4 Å². The Morgan fingerprint density at radius 3 is 2.33 bits per heavy atom. The number of primary amides is 1. The van der Waals surface area contributed by atoms with Crippen molar-refractivity contribution in [1.82, 2.24) is 10.2 Å². The molecule has 0 aromatic rings. The van der Waals surface area contributed by atoms with Crippen molar-refractivity contribution in [2.45, 2.75) is 39.2 Å². The van der Waals surface area contributed by atoms with E-state index in [0.29, 0.717) is 6.54 Å². The van der Waals surface area contributed by atoms with Gasteiger partial charge in [0.05, 0.1) is 0 Å². The van der Waals surface area contributed by atoms with Crippen LogP contribution in [0.15, 0.2) is 0 Å². The maximum absolute atomic E-state index is 12.1. The van der Waals surface area contributed by atoms with E-state index in [4.69, 9.17) is 10.8 Å². The summed E-state index contributed by atoms with van der Waals surface area (Å²) in [6.07, 6.45) is 2.46. The van der Waals surface area contributed by atoms with Crippen LogP contribution in [0.5, 0.6) is 0 Å². The van der Waals surface area contributed by atoms with E-state index in [9.17, 15) is 9.59 Å². The van der Waals surface area contributed by atoms with Crippen LogP contribution in [0.25, 0.3) is 0 Å². The summed E-state index contributed by atoms with van der Waals surface area (Å²) in [6, 6.07) is -1.26. The molecule has 6 heteroatoms. The SMILES string of the molecule is CC(C)C(NC(N)=O)C(=O)N(C)CCCCCO. The minimum atomic E-state index is -0.685. The molecule has 0 saturated carbocycles. The highest BCUT2D eigenvalue weighted by Gasteiger charge is 2.25. The zero-order valence-corrected chi connectivity index (χ0v) is 11.5. The number of aliphatic hydroxyl groups excluding tert-OH is 1. The van der Waals surface area contributed by atoms with Crippen LogP contribution in [-0.2, 0) is 4.79 Å². The van der Waals surface area contributed by atoms with Crippen LogP contribution in [0.3, 0.4) is 0 Å². The first-order valence-corrected chi connectivity index (χ1v) is 6.32. The number of hydrogen-bond donors (Lipinski definition) is 3. The van der Waals surface area contributed by atoms with E-state index in [1.165, 1.54) is 0 Å². The molecule has 0 aliphatic heterocycles. The molecule has 0 aliphatic carbocycles. The smallest absolute Gasteiger partial charge is 0.312 e. The van der Waals surface area contributed by atoms with Crippen molar-refractivity contribution in [3.63, 3.8) is 0 Å². The molecule has 0 aromatic heterocycles. The molecule has 1 unspecified atom stereocenters. The predicted octanol–water partition coefficient (Wildman–Crippen LogP) is 0.300. The predicted molar refractivity (Wildman–Crippen MR) is 69.9 cm³/mol. The number of aliphatic hydroxyl groups is 1. The summed E-state index contributed by atoms with van der Waals surface area (Å²) < 4.78 is 0. The summed E-state index contributed by atoms with van der Waals surface area (Å²) >= 11 is 0. The first kappa shape index (κ1) is 16.7. The molecule has 0 heterocycles. The second-order valence-electron chi connectivity index (χ2n) is 4.77. The monoisotopic (exact) mass is 259 g/mol. The Balaban J connectivity index is 4.25. The molecule has 4 N–H and O–H groups in total. The maximum Gasteiger partial charge on any atom is 0.312 e. The number of amides is 3. The Hall–Kier alpha value is -1.30. The van der Waals surface area contributed by atoms with Gasteiger partial charge in [-0.15, -0.1) is 0 Å². The lowest BCUT2D eigenvalue weighted by molar-refractivity contribution is -0.133. The van der Waals surface area contributed by atoms with Gasteiger partial charge >= 0.3 is 6.03 Å². The molecule has 0 fully saturated rings. The maximum atomic E-state index is 12.1. The van der Waals surface area contributed by atoms with Gasteiger partial charge in [0.25, 0.3) is 0 Å². The Labute approximate surface area is 109 Å². The van der Waals surface area contributed by atoms with E-state index < -0.39 is 12.1 Å². The van der Waals surface area contributed by atoms with E-state index >= 15 is 0 Å². The molecule has 18 heavy (non-hydrogen) atoms. The van der Waals surface area contributed by atoms with Crippen molar-refractivity contribution in [3.05, 3.63) is 0 Å². The van der Waals surface area contributed by atoms with Gasteiger partial charge in [0.2, 0.25) is 5.91 Å². The minimum Gasteiger partial charge on any atom is -0.396 e.